The van der Waals surface area contributed by atoms with E-state index in [0.29, 0.717) is 0 Å². The number of aryl methyl sites for hydroxylation is 1. The number of nitrogens with one attached hydrogen (secondary N) is 1. The second-order valence-electron chi connectivity index (χ2n) is 5.48. The highest BCUT2D eigenvalue weighted by atomic mass is 15.2. The molecular weight excluding hydrogens is 234 g/mol. The van der Waals surface area contributed by atoms with Crippen molar-refractivity contribution < 1.29 is 0 Å². The van der Waals surface area contributed by atoms with Crippen LogP contribution in [0.4, 0.5) is 5.95 Å². The molecule has 0 spiro atoms. The minimum absolute atomic E-state index is 1.02. The van der Waals surface area contributed by atoms with Gasteiger partial charge >= 0.3 is 0 Å². The van der Waals surface area contributed by atoms with Gasteiger partial charge in [0.25, 0.3) is 0 Å². The predicted octanol–water partition coefficient (Wildman–Crippen LogP) is 3.60. The molecular formula is C16H21N3. The Balaban J connectivity index is 2.18. The highest BCUT2D eigenvalue weighted by Crippen LogP contribution is 2.32. The molecule has 2 heterocycles. The van der Waals surface area contributed by atoms with Crippen molar-refractivity contribution in [2.24, 2.45) is 0 Å². The lowest BCUT2D eigenvalue weighted by atomic mass is 9.96. The summed E-state index contributed by atoms with van der Waals surface area (Å²) in [4.78, 5) is 4.80. The molecule has 0 unspecified atom stereocenters. The molecule has 2 aromatic rings. The summed E-state index contributed by atoms with van der Waals surface area (Å²) >= 11 is 0. The van der Waals surface area contributed by atoms with Gasteiger partial charge in [-0.15, -0.1) is 0 Å². The molecule has 0 bridgehead atoms. The number of imidazole rings is 1. The molecule has 19 heavy (non-hydrogen) atoms. The average molecular weight is 255 g/mol. The lowest BCUT2D eigenvalue weighted by Gasteiger charge is -2.16. The molecule has 0 amide bonds. The monoisotopic (exact) mass is 255 g/mol. The van der Waals surface area contributed by atoms with E-state index in [1.807, 2.05) is 0 Å². The summed E-state index contributed by atoms with van der Waals surface area (Å²) in [6.07, 6.45) is 1.18. The third kappa shape index (κ3) is 1.84. The van der Waals surface area contributed by atoms with E-state index in [4.69, 9.17) is 4.98 Å². The lowest BCUT2D eigenvalue weighted by Crippen LogP contribution is -2.17. The molecule has 3 heteroatoms. The summed E-state index contributed by atoms with van der Waals surface area (Å²) in [5.41, 5.74) is 7.73. The smallest absolute Gasteiger partial charge is 0.203 e. The Kier molecular flexibility index (Phi) is 2.85. The molecule has 0 saturated carbocycles. The number of rotatable bonds is 1. The Bertz CT molecular complexity index is 638. The minimum Gasteiger partial charge on any atom is -0.356 e. The number of aromatic nitrogens is 2. The van der Waals surface area contributed by atoms with Crippen molar-refractivity contribution in [1.82, 2.24) is 9.55 Å². The zero-order valence-corrected chi connectivity index (χ0v) is 12.2. The Morgan fingerprint density at radius 3 is 2.63 bits per heavy atom. The van der Waals surface area contributed by atoms with Gasteiger partial charge in [0.05, 0.1) is 5.69 Å². The van der Waals surface area contributed by atoms with Crippen molar-refractivity contribution in [2.45, 2.75) is 40.7 Å². The molecule has 0 atom stereocenters. The number of anilines is 1. The highest BCUT2D eigenvalue weighted by Gasteiger charge is 2.19. The fraction of sp³-hybridized carbons (Fsp3) is 0.438. The average Bonchev–Trinajstić information content (AvgIpc) is 2.74. The van der Waals surface area contributed by atoms with Gasteiger partial charge < -0.3 is 9.88 Å². The van der Waals surface area contributed by atoms with Gasteiger partial charge in [0.2, 0.25) is 5.95 Å². The number of hydrogen-bond acceptors (Lipinski definition) is 2. The third-order valence-corrected chi connectivity index (χ3v) is 4.38. The molecule has 100 valence electrons. The summed E-state index contributed by atoms with van der Waals surface area (Å²) in [5, 5.41) is 3.39. The van der Waals surface area contributed by atoms with Crippen LogP contribution in [0.3, 0.4) is 0 Å². The Hall–Kier alpha value is -1.77. The first kappa shape index (κ1) is 12.3. The van der Waals surface area contributed by atoms with Gasteiger partial charge in [0, 0.05) is 24.3 Å². The van der Waals surface area contributed by atoms with Crippen molar-refractivity contribution in [3.8, 4) is 11.3 Å². The maximum atomic E-state index is 4.80. The first-order chi connectivity index (χ1) is 9.09. The molecule has 1 aromatic heterocycles. The van der Waals surface area contributed by atoms with E-state index in [1.165, 1.54) is 34.4 Å². The quantitative estimate of drug-likeness (QED) is 0.843. The van der Waals surface area contributed by atoms with Crippen molar-refractivity contribution in [3.05, 3.63) is 34.5 Å². The van der Waals surface area contributed by atoms with Crippen molar-refractivity contribution in [1.29, 1.82) is 0 Å². The minimum atomic E-state index is 1.02. The lowest BCUT2D eigenvalue weighted by molar-refractivity contribution is 0.615. The van der Waals surface area contributed by atoms with Crippen molar-refractivity contribution in [2.75, 3.05) is 11.9 Å². The number of nitrogens with zero attached hydrogens (tertiary/aromatic N) is 2. The van der Waals surface area contributed by atoms with Crippen molar-refractivity contribution >= 4 is 5.95 Å². The molecule has 1 aliphatic rings. The summed E-state index contributed by atoms with van der Waals surface area (Å²) in [6, 6.07) is 4.40. The van der Waals surface area contributed by atoms with Crippen LogP contribution < -0.4 is 5.32 Å². The van der Waals surface area contributed by atoms with Crippen LogP contribution in [0.1, 0.15) is 28.8 Å². The highest BCUT2D eigenvalue weighted by molar-refractivity contribution is 5.70. The standard InChI is InChI=1S/C16H21N3/c1-10-6-7-14(12(3)11(10)2)15-13(4)19-9-5-8-17-16(19)18-15/h6-7H,5,8-9H2,1-4H3,(H,17,18). The van der Waals surface area contributed by atoms with Gasteiger partial charge in [-0.25, -0.2) is 4.98 Å². The zero-order chi connectivity index (χ0) is 13.6. The molecule has 1 N–H and O–H groups in total. The van der Waals surface area contributed by atoms with E-state index in [-0.39, 0.29) is 0 Å². The van der Waals surface area contributed by atoms with Gasteiger partial charge in [0.15, 0.2) is 0 Å². The van der Waals surface area contributed by atoms with Gasteiger partial charge in [-0.2, -0.15) is 0 Å². The number of hydrogen-bond donors (Lipinski definition) is 1. The Labute approximate surface area is 114 Å². The molecule has 1 aliphatic heterocycles. The van der Waals surface area contributed by atoms with E-state index in [9.17, 15) is 0 Å². The zero-order valence-electron chi connectivity index (χ0n) is 12.2. The summed E-state index contributed by atoms with van der Waals surface area (Å²) < 4.78 is 2.30. The van der Waals surface area contributed by atoms with Crippen molar-refractivity contribution in [3.63, 3.8) is 0 Å². The molecule has 0 saturated heterocycles. The van der Waals surface area contributed by atoms with E-state index in [2.05, 4.69) is 49.7 Å². The van der Waals surface area contributed by atoms with Crippen LogP contribution in [0.25, 0.3) is 11.3 Å². The first-order valence-corrected chi connectivity index (χ1v) is 6.97. The maximum Gasteiger partial charge on any atom is 0.203 e. The van der Waals surface area contributed by atoms with Gasteiger partial charge in [0.1, 0.15) is 0 Å². The van der Waals surface area contributed by atoms with Crippen LogP contribution in [0.2, 0.25) is 0 Å². The van der Waals surface area contributed by atoms with Crippen LogP contribution >= 0.6 is 0 Å². The van der Waals surface area contributed by atoms with Crippen LogP contribution in [-0.2, 0) is 6.54 Å². The van der Waals surface area contributed by atoms with E-state index < -0.39 is 0 Å². The fourth-order valence-corrected chi connectivity index (χ4v) is 2.85. The molecule has 3 nitrogen and oxygen atoms in total. The molecule has 1 aromatic carbocycles. The van der Waals surface area contributed by atoms with E-state index in [0.717, 1.165) is 24.7 Å². The topological polar surface area (TPSA) is 29.9 Å². The summed E-state index contributed by atoms with van der Waals surface area (Å²) in [5.74, 6) is 1.02. The number of fused-ring (bicyclic) bond motifs is 1. The molecule has 3 rings (SSSR count). The van der Waals surface area contributed by atoms with Gasteiger partial charge in [-0.1, -0.05) is 12.1 Å². The SMILES string of the molecule is Cc1ccc(-c2nc3n(c2C)CCCN3)c(C)c1C. The summed E-state index contributed by atoms with van der Waals surface area (Å²) in [7, 11) is 0. The fourth-order valence-electron chi connectivity index (χ4n) is 2.85. The second-order valence-corrected chi connectivity index (χ2v) is 5.48. The molecule has 0 fully saturated rings. The van der Waals surface area contributed by atoms with Crippen LogP contribution in [0, 0.1) is 27.7 Å². The Morgan fingerprint density at radius 2 is 1.89 bits per heavy atom. The van der Waals surface area contributed by atoms with Gasteiger partial charge in [-0.3, -0.25) is 0 Å². The van der Waals surface area contributed by atoms with E-state index in [1.54, 1.807) is 0 Å². The summed E-state index contributed by atoms with van der Waals surface area (Å²) in [6.45, 7) is 10.8. The molecule has 0 aliphatic carbocycles. The van der Waals surface area contributed by atoms with Crippen LogP contribution in [-0.4, -0.2) is 16.1 Å². The van der Waals surface area contributed by atoms with E-state index >= 15 is 0 Å². The molecule has 0 radical (unpaired) electrons. The Morgan fingerprint density at radius 1 is 1.11 bits per heavy atom. The maximum absolute atomic E-state index is 4.80. The van der Waals surface area contributed by atoms with Crippen LogP contribution in [0.15, 0.2) is 12.1 Å². The predicted molar refractivity (Wildman–Crippen MR) is 79.7 cm³/mol. The van der Waals surface area contributed by atoms with Gasteiger partial charge in [-0.05, 0) is 50.8 Å². The van der Waals surface area contributed by atoms with Crippen LogP contribution in [0.5, 0.6) is 0 Å². The second kappa shape index (κ2) is 4.41. The third-order valence-electron chi connectivity index (χ3n) is 4.38. The first-order valence-electron chi connectivity index (χ1n) is 6.97. The largest absolute Gasteiger partial charge is 0.356 e. The normalized spacial score (nSPS) is 14.1. The number of benzene rings is 1.